The molecule has 5 nitrogen and oxygen atoms in total. The van der Waals surface area contributed by atoms with Gasteiger partial charge in [0.15, 0.2) is 5.75 Å². The Balaban J connectivity index is 2.04. The summed E-state index contributed by atoms with van der Waals surface area (Å²) in [7, 11) is 0. The van der Waals surface area contributed by atoms with Crippen LogP contribution in [0, 0.1) is 0 Å². The first-order valence-corrected chi connectivity index (χ1v) is 9.97. The molecule has 0 bridgehead atoms. The van der Waals surface area contributed by atoms with Crippen molar-refractivity contribution in [3.63, 3.8) is 0 Å². The van der Waals surface area contributed by atoms with Gasteiger partial charge in [0, 0.05) is 10.9 Å². The van der Waals surface area contributed by atoms with Crippen LogP contribution in [0.3, 0.4) is 0 Å². The fourth-order valence-electron chi connectivity index (χ4n) is 2.60. The van der Waals surface area contributed by atoms with Crippen molar-refractivity contribution < 1.29 is 4.74 Å². The minimum absolute atomic E-state index is 0.248. The second-order valence-electron chi connectivity index (χ2n) is 5.82. The molecule has 0 aliphatic rings. The zero-order chi connectivity index (χ0) is 20.3. The highest BCUT2D eigenvalue weighted by Gasteiger charge is 2.11. The number of benzene rings is 2. The maximum absolute atomic E-state index is 12.9. The molecular formula is C20H16BrCl2N3O2. The van der Waals surface area contributed by atoms with E-state index in [9.17, 15) is 4.79 Å². The number of hydrogen-bond donors (Lipinski definition) is 0. The minimum Gasteiger partial charge on any atom is -0.486 e. The first kappa shape index (κ1) is 20.6. The largest absolute Gasteiger partial charge is 0.486 e. The lowest BCUT2D eigenvalue weighted by Crippen LogP contribution is -2.22. The van der Waals surface area contributed by atoms with Crippen molar-refractivity contribution in [3.8, 4) is 5.75 Å². The third-order valence-electron chi connectivity index (χ3n) is 3.88. The molecule has 1 aromatic heterocycles. The quantitative estimate of drug-likeness (QED) is 0.347. The average molecular weight is 481 g/mol. The lowest BCUT2D eigenvalue weighted by atomic mass is 10.2. The van der Waals surface area contributed by atoms with Gasteiger partial charge in [-0.05, 0) is 35.9 Å². The molecule has 1 heterocycles. The Bertz CT molecular complexity index is 1120. The van der Waals surface area contributed by atoms with Crippen molar-refractivity contribution in [1.29, 1.82) is 0 Å². The van der Waals surface area contributed by atoms with E-state index in [1.54, 1.807) is 30.3 Å². The monoisotopic (exact) mass is 479 g/mol. The summed E-state index contributed by atoms with van der Waals surface area (Å²) >= 11 is 15.9. The van der Waals surface area contributed by atoms with Crippen molar-refractivity contribution in [1.82, 2.24) is 9.66 Å². The number of aryl methyl sites for hydroxylation is 1. The Morgan fingerprint density at radius 2 is 2.00 bits per heavy atom. The molecule has 8 heteroatoms. The van der Waals surface area contributed by atoms with E-state index in [4.69, 9.17) is 27.9 Å². The highest BCUT2D eigenvalue weighted by molar-refractivity contribution is 9.10. The minimum atomic E-state index is -0.248. The van der Waals surface area contributed by atoms with Gasteiger partial charge in [-0.2, -0.15) is 9.78 Å². The Kier molecular flexibility index (Phi) is 6.54. The number of aromatic nitrogens is 2. The van der Waals surface area contributed by atoms with Crippen LogP contribution in [0.25, 0.3) is 10.9 Å². The molecular weight excluding hydrogens is 465 g/mol. The maximum Gasteiger partial charge on any atom is 0.282 e. The first-order valence-electron chi connectivity index (χ1n) is 8.43. The number of ether oxygens (including phenoxy) is 1. The van der Waals surface area contributed by atoms with E-state index in [0.717, 1.165) is 4.47 Å². The van der Waals surface area contributed by atoms with E-state index in [0.29, 0.717) is 51.1 Å². The third kappa shape index (κ3) is 4.29. The van der Waals surface area contributed by atoms with Gasteiger partial charge in [0.2, 0.25) is 0 Å². The molecule has 0 aliphatic carbocycles. The van der Waals surface area contributed by atoms with Gasteiger partial charge in [-0.15, -0.1) is 0 Å². The number of nitrogens with zero attached hydrogens (tertiary/aromatic N) is 3. The fourth-order valence-corrected chi connectivity index (χ4v) is 3.58. The van der Waals surface area contributed by atoms with Crippen LogP contribution in [-0.2, 0) is 6.42 Å². The standard InChI is InChI=1S/C20H16BrCl2N3O2/c1-3-7-28-19-15(22)8-12(9-16(19)23)11-24-26-18(4-2)25-17-6-5-13(21)10-14(17)20(26)27/h3,5-6,8-11H,1,4,7H2,2H3. The van der Waals surface area contributed by atoms with Gasteiger partial charge in [-0.1, -0.05) is 58.7 Å². The number of halogens is 3. The third-order valence-corrected chi connectivity index (χ3v) is 4.93. The van der Waals surface area contributed by atoms with E-state index in [-0.39, 0.29) is 5.56 Å². The van der Waals surface area contributed by atoms with Crippen LogP contribution in [0.1, 0.15) is 18.3 Å². The summed E-state index contributed by atoms with van der Waals surface area (Å²) in [6.45, 7) is 5.80. The summed E-state index contributed by atoms with van der Waals surface area (Å²) in [4.78, 5) is 17.4. The van der Waals surface area contributed by atoms with Crippen LogP contribution in [-0.4, -0.2) is 22.5 Å². The summed E-state index contributed by atoms with van der Waals surface area (Å²) in [5, 5.41) is 5.50. The van der Waals surface area contributed by atoms with Crippen LogP contribution in [0.2, 0.25) is 10.0 Å². The number of hydrogen-bond acceptors (Lipinski definition) is 4. The highest BCUT2D eigenvalue weighted by atomic mass is 79.9. The van der Waals surface area contributed by atoms with Crippen molar-refractivity contribution in [3.05, 3.63) is 79.2 Å². The molecule has 0 fully saturated rings. The average Bonchev–Trinajstić information content (AvgIpc) is 2.67. The number of rotatable bonds is 6. The zero-order valence-electron chi connectivity index (χ0n) is 15.0. The molecule has 0 aliphatic heterocycles. The van der Waals surface area contributed by atoms with Gasteiger partial charge in [0.05, 0.1) is 27.2 Å². The maximum atomic E-state index is 12.9. The summed E-state index contributed by atoms with van der Waals surface area (Å²) in [6, 6.07) is 8.71. The molecule has 0 radical (unpaired) electrons. The fraction of sp³-hybridized carbons (Fsp3) is 0.150. The smallest absolute Gasteiger partial charge is 0.282 e. The summed E-state index contributed by atoms with van der Waals surface area (Å²) in [6.07, 6.45) is 3.67. The van der Waals surface area contributed by atoms with Crippen molar-refractivity contribution in [2.75, 3.05) is 6.61 Å². The van der Waals surface area contributed by atoms with Gasteiger partial charge < -0.3 is 4.74 Å². The molecule has 3 rings (SSSR count). The van der Waals surface area contributed by atoms with E-state index >= 15 is 0 Å². The van der Waals surface area contributed by atoms with Crippen molar-refractivity contribution in [2.45, 2.75) is 13.3 Å². The zero-order valence-corrected chi connectivity index (χ0v) is 18.1. The van der Waals surface area contributed by atoms with E-state index in [1.165, 1.54) is 10.9 Å². The van der Waals surface area contributed by atoms with E-state index in [2.05, 4.69) is 32.6 Å². The Morgan fingerprint density at radius 3 is 2.64 bits per heavy atom. The van der Waals surface area contributed by atoms with Crippen LogP contribution in [0.4, 0.5) is 0 Å². The Labute approximate surface area is 180 Å². The summed E-state index contributed by atoms with van der Waals surface area (Å²) < 4.78 is 7.54. The predicted octanol–water partition coefficient (Wildman–Crippen LogP) is 5.48. The molecule has 0 N–H and O–H groups in total. The number of fused-ring (bicyclic) bond motifs is 1. The van der Waals surface area contributed by atoms with Crippen molar-refractivity contribution in [2.24, 2.45) is 5.10 Å². The molecule has 0 unspecified atom stereocenters. The molecule has 3 aromatic rings. The summed E-state index contributed by atoms with van der Waals surface area (Å²) in [5.41, 5.74) is 1.01. The SMILES string of the molecule is C=CCOc1c(Cl)cc(C=Nn2c(CC)nc3ccc(Br)cc3c2=O)cc1Cl. The molecule has 0 saturated heterocycles. The molecule has 144 valence electrons. The topological polar surface area (TPSA) is 56.5 Å². The Morgan fingerprint density at radius 1 is 1.29 bits per heavy atom. The molecule has 2 aromatic carbocycles. The second kappa shape index (κ2) is 8.90. The van der Waals surface area contributed by atoms with Gasteiger partial charge in [-0.3, -0.25) is 4.79 Å². The lowest BCUT2D eigenvalue weighted by molar-refractivity contribution is 0.363. The van der Waals surface area contributed by atoms with Gasteiger partial charge in [0.1, 0.15) is 12.4 Å². The predicted molar refractivity (Wildman–Crippen MR) is 118 cm³/mol. The van der Waals surface area contributed by atoms with E-state index < -0.39 is 0 Å². The highest BCUT2D eigenvalue weighted by Crippen LogP contribution is 2.33. The summed E-state index contributed by atoms with van der Waals surface area (Å²) in [5.74, 6) is 0.934. The van der Waals surface area contributed by atoms with Crippen LogP contribution >= 0.6 is 39.1 Å². The van der Waals surface area contributed by atoms with E-state index in [1.807, 2.05) is 13.0 Å². The molecule has 0 atom stereocenters. The molecule has 28 heavy (non-hydrogen) atoms. The van der Waals surface area contributed by atoms with Gasteiger partial charge in [0.25, 0.3) is 5.56 Å². The molecule has 0 spiro atoms. The second-order valence-corrected chi connectivity index (χ2v) is 7.55. The van der Waals surface area contributed by atoms with Crippen LogP contribution < -0.4 is 10.3 Å². The van der Waals surface area contributed by atoms with Crippen molar-refractivity contribution >= 4 is 56.2 Å². The van der Waals surface area contributed by atoms with Gasteiger partial charge in [-0.25, -0.2) is 4.98 Å². The molecule has 0 saturated carbocycles. The molecule has 0 amide bonds. The van der Waals surface area contributed by atoms with Gasteiger partial charge >= 0.3 is 0 Å². The normalized spacial score (nSPS) is 11.3. The Hall–Kier alpha value is -2.15. The first-order chi connectivity index (χ1) is 13.4. The van der Waals surface area contributed by atoms with Crippen LogP contribution in [0.15, 0.2) is 57.4 Å². The van der Waals surface area contributed by atoms with Crippen LogP contribution in [0.5, 0.6) is 5.75 Å². The lowest BCUT2D eigenvalue weighted by Gasteiger charge is -2.10.